The van der Waals surface area contributed by atoms with Crippen molar-refractivity contribution in [2.45, 2.75) is 83.9 Å². The largest absolute Gasteiger partial charge is 0.460 e. The van der Waals surface area contributed by atoms with Crippen LogP contribution in [0.4, 0.5) is 4.79 Å². The first-order valence-electron chi connectivity index (χ1n) is 15.6. The van der Waals surface area contributed by atoms with E-state index in [4.69, 9.17) is 14.5 Å². The minimum Gasteiger partial charge on any atom is -0.460 e. The number of esters is 1. The number of aromatic nitrogens is 2. The van der Waals surface area contributed by atoms with Gasteiger partial charge in [0.2, 0.25) is 0 Å². The maximum Gasteiger partial charge on any atom is 0.415 e. The number of hydrogen-bond donors (Lipinski definition) is 0. The van der Waals surface area contributed by atoms with Gasteiger partial charge in [-0.25, -0.2) is 9.78 Å². The van der Waals surface area contributed by atoms with Crippen LogP contribution in [0.5, 0.6) is 5.75 Å². The third-order valence-corrected chi connectivity index (χ3v) is 9.78. The van der Waals surface area contributed by atoms with E-state index in [1.54, 1.807) is 10.6 Å². The maximum absolute atomic E-state index is 13.6. The van der Waals surface area contributed by atoms with Crippen molar-refractivity contribution in [2.24, 2.45) is 0 Å². The molecule has 220 valence electrons. The van der Waals surface area contributed by atoms with Crippen molar-refractivity contribution < 1.29 is 19.1 Å². The number of benzene rings is 1. The first kappa shape index (κ1) is 27.1. The average Bonchev–Trinajstić information content (AvgIpc) is 3.38. The number of piperidine rings is 2. The molecular weight excluding hydrogens is 532 g/mol. The zero-order valence-electron chi connectivity index (χ0n) is 24.5. The molecule has 0 unspecified atom stereocenters. The van der Waals surface area contributed by atoms with Crippen molar-refractivity contribution in [2.75, 3.05) is 26.2 Å². The van der Waals surface area contributed by atoms with E-state index in [0.29, 0.717) is 30.3 Å². The Morgan fingerprint density at radius 3 is 2.55 bits per heavy atom. The summed E-state index contributed by atoms with van der Waals surface area (Å²) in [7, 11) is 0. The van der Waals surface area contributed by atoms with Crippen LogP contribution in [0.3, 0.4) is 0 Å². The van der Waals surface area contributed by atoms with Crippen LogP contribution in [-0.4, -0.2) is 63.6 Å². The maximum atomic E-state index is 13.6. The molecule has 1 atom stereocenters. The fourth-order valence-electron chi connectivity index (χ4n) is 7.49. The van der Waals surface area contributed by atoms with Crippen LogP contribution in [0.1, 0.15) is 80.5 Å². The van der Waals surface area contributed by atoms with Gasteiger partial charge in [-0.1, -0.05) is 20.3 Å². The van der Waals surface area contributed by atoms with Crippen LogP contribution in [0.15, 0.2) is 29.1 Å². The van der Waals surface area contributed by atoms with Gasteiger partial charge in [0, 0.05) is 30.1 Å². The van der Waals surface area contributed by atoms with Crippen molar-refractivity contribution in [1.82, 2.24) is 19.4 Å². The third kappa shape index (κ3) is 4.49. The molecule has 0 spiro atoms. The average molecular weight is 571 g/mol. The van der Waals surface area contributed by atoms with E-state index in [2.05, 4.69) is 11.8 Å². The molecule has 0 radical (unpaired) electrons. The molecule has 2 saturated heterocycles. The summed E-state index contributed by atoms with van der Waals surface area (Å²) in [6.45, 7) is 8.26. The molecule has 4 aliphatic rings. The van der Waals surface area contributed by atoms with Crippen LogP contribution in [0, 0.1) is 0 Å². The normalized spacial score (nSPS) is 20.7. The number of cyclic esters (lactones) is 1. The first-order valence-corrected chi connectivity index (χ1v) is 15.6. The number of pyridine rings is 2. The predicted molar refractivity (Wildman–Crippen MR) is 159 cm³/mol. The zero-order valence-corrected chi connectivity index (χ0v) is 24.5. The highest BCUT2D eigenvalue weighted by Gasteiger charge is 2.35. The van der Waals surface area contributed by atoms with E-state index in [-0.39, 0.29) is 24.2 Å². The highest BCUT2D eigenvalue weighted by atomic mass is 16.6. The smallest absolute Gasteiger partial charge is 0.415 e. The summed E-state index contributed by atoms with van der Waals surface area (Å²) in [6, 6.07) is 8.15. The molecule has 0 bridgehead atoms. The van der Waals surface area contributed by atoms with E-state index in [9.17, 15) is 14.4 Å². The van der Waals surface area contributed by atoms with Crippen molar-refractivity contribution in [1.29, 1.82) is 0 Å². The number of aryl methyl sites for hydroxylation is 1. The lowest BCUT2D eigenvalue weighted by Gasteiger charge is -2.39. The standard InChI is InChI=1S/C33H38N4O5/c1-3-22-25-16-21(42-33(40)36-14-10-20(11-15-36)35-12-6-5-7-13-35)8-9-28(25)34-30-26(22)18-37-29(30)17-24-23(4-2)32(39)41-19-27(24)31(37)38/h8-9,16-17,20,23H,3-7,10-15,18-19H2,1-2H3/t23-/m1/s1. The molecule has 9 heteroatoms. The lowest BCUT2D eigenvalue weighted by molar-refractivity contribution is -0.148. The summed E-state index contributed by atoms with van der Waals surface area (Å²) < 4.78 is 13.0. The highest BCUT2D eigenvalue weighted by Crippen LogP contribution is 2.39. The zero-order chi connectivity index (χ0) is 29.0. The Balaban J connectivity index is 1.15. The second kappa shape index (κ2) is 10.8. The van der Waals surface area contributed by atoms with Gasteiger partial charge in [-0.15, -0.1) is 0 Å². The number of nitrogens with zero attached hydrogens (tertiary/aromatic N) is 4. The summed E-state index contributed by atoms with van der Waals surface area (Å²) in [4.78, 5) is 48.5. The van der Waals surface area contributed by atoms with E-state index < -0.39 is 5.92 Å². The van der Waals surface area contributed by atoms with Crippen molar-refractivity contribution >= 4 is 23.0 Å². The van der Waals surface area contributed by atoms with Crippen molar-refractivity contribution in [3.05, 3.63) is 56.9 Å². The Labute approximate surface area is 245 Å². The van der Waals surface area contributed by atoms with Crippen molar-refractivity contribution in [3.63, 3.8) is 0 Å². The van der Waals surface area contributed by atoms with Crippen LogP contribution in [-0.2, 0) is 29.1 Å². The van der Waals surface area contributed by atoms with Gasteiger partial charge in [-0.2, -0.15) is 0 Å². The van der Waals surface area contributed by atoms with E-state index in [0.717, 1.165) is 71.3 Å². The van der Waals surface area contributed by atoms with Gasteiger partial charge in [-0.3, -0.25) is 9.59 Å². The van der Waals surface area contributed by atoms with Gasteiger partial charge in [0.15, 0.2) is 0 Å². The quantitative estimate of drug-likeness (QED) is 0.319. The minimum absolute atomic E-state index is 0.0147. The van der Waals surface area contributed by atoms with E-state index in [1.165, 1.54) is 32.4 Å². The summed E-state index contributed by atoms with van der Waals surface area (Å²) in [5, 5.41) is 0.931. The predicted octanol–water partition coefficient (Wildman–Crippen LogP) is 4.99. The molecule has 0 N–H and O–H groups in total. The molecule has 42 heavy (non-hydrogen) atoms. The molecule has 7 rings (SSSR count). The van der Waals surface area contributed by atoms with Crippen LogP contribution in [0.25, 0.3) is 22.3 Å². The van der Waals surface area contributed by atoms with Gasteiger partial charge in [0.1, 0.15) is 12.4 Å². The number of amides is 1. The summed E-state index contributed by atoms with van der Waals surface area (Å²) >= 11 is 0. The lowest BCUT2D eigenvalue weighted by atomic mass is 9.90. The number of carbonyl (C=O) groups excluding carboxylic acids is 2. The molecule has 4 aliphatic heterocycles. The SMILES string of the molecule is CCc1c2c(nc3ccc(OC(=O)N4CCC(N5CCCCC5)CC4)cc13)-c1cc3c(c(=O)n1C2)COC(=O)[C@@H]3CC. The topological polar surface area (TPSA) is 94.0 Å². The molecule has 0 saturated carbocycles. The van der Waals surface area contributed by atoms with Gasteiger partial charge in [0.05, 0.1) is 34.9 Å². The fourth-order valence-corrected chi connectivity index (χ4v) is 7.49. The third-order valence-electron chi connectivity index (χ3n) is 9.78. The van der Waals surface area contributed by atoms with Crippen LogP contribution in [0.2, 0.25) is 0 Å². The summed E-state index contributed by atoms with van der Waals surface area (Å²) in [5.74, 6) is -0.205. The summed E-state index contributed by atoms with van der Waals surface area (Å²) in [5.41, 5.74) is 5.64. The van der Waals surface area contributed by atoms with Gasteiger partial charge >= 0.3 is 12.1 Å². The molecular formula is C33H38N4O5. The molecule has 0 aliphatic carbocycles. The molecule has 2 fully saturated rings. The fraction of sp³-hybridized carbons (Fsp3) is 0.515. The second-order valence-electron chi connectivity index (χ2n) is 12.1. The summed E-state index contributed by atoms with van der Waals surface area (Å²) in [6.07, 6.45) is 6.89. The number of likely N-dealkylation sites (tertiary alicyclic amines) is 2. The van der Waals surface area contributed by atoms with Gasteiger partial charge < -0.3 is 23.8 Å². The second-order valence-corrected chi connectivity index (χ2v) is 12.1. The molecule has 6 heterocycles. The Bertz CT molecular complexity index is 1630. The van der Waals surface area contributed by atoms with Gasteiger partial charge in [-0.05, 0) is 87.0 Å². The number of ether oxygens (including phenoxy) is 2. The molecule has 1 amide bonds. The Morgan fingerprint density at radius 1 is 1.02 bits per heavy atom. The Kier molecular flexibility index (Phi) is 7.00. The lowest BCUT2D eigenvalue weighted by Crippen LogP contribution is -2.48. The van der Waals surface area contributed by atoms with Crippen molar-refractivity contribution in [3.8, 4) is 17.1 Å². The number of hydrogen-bond acceptors (Lipinski definition) is 7. The molecule has 9 nitrogen and oxygen atoms in total. The Hall–Kier alpha value is -3.72. The van der Waals surface area contributed by atoms with Gasteiger partial charge in [0.25, 0.3) is 5.56 Å². The first-order chi connectivity index (χ1) is 20.5. The molecule has 1 aromatic carbocycles. The van der Waals surface area contributed by atoms with E-state index in [1.807, 2.05) is 30.0 Å². The van der Waals surface area contributed by atoms with E-state index >= 15 is 0 Å². The Morgan fingerprint density at radius 2 is 1.81 bits per heavy atom. The number of fused-ring (bicyclic) bond motifs is 5. The number of rotatable bonds is 4. The minimum atomic E-state index is -0.435. The van der Waals surface area contributed by atoms with Crippen LogP contribution < -0.4 is 10.3 Å². The monoisotopic (exact) mass is 570 g/mol. The molecule has 2 aromatic heterocycles. The van der Waals surface area contributed by atoms with Crippen LogP contribution >= 0.6 is 0 Å². The highest BCUT2D eigenvalue weighted by molar-refractivity contribution is 5.90. The number of carbonyl (C=O) groups is 2. The molecule has 3 aromatic rings.